The molecule has 0 unspecified atom stereocenters. The summed E-state index contributed by atoms with van der Waals surface area (Å²) in [6.45, 7) is 1.63. The summed E-state index contributed by atoms with van der Waals surface area (Å²) in [4.78, 5) is 20.2. The van der Waals surface area contributed by atoms with Crippen LogP contribution < -0.4 is 15.4 Å². The van der Waals surface area contributed by atoms with E-state index in [0.717, 1.165) is 39.4 Å². The van der Waals surface area contributed by atoms with E-state index >= 15 is 0 Å². The standard InChI is InChI=1S/C43H37Cl3N6O2S/c44-35-15-17-36(18-16-35)50-43(55)51(26-34-7-4-8-40(45)42(34)46)27-37(21-30-13-19-39(20-14-30)54-28-33-5-2-1-3-6-33)49-41(53)22-38-24-48-29-52(38)25-32-11-9-31(23-47)10-12-32/h1-20,24,29,37H,21-22,25-28H2,(H,49,53)(H,50,55)/t37-/m0/s1. The fourth-order valence-electron chi connectivity index (χ4n) is 5.97. The third kappa shape index (κ3) is 11.6. The van der Waals surface area contributed by atoms with Crippen LogP contribution in [0.5, 0.6) is 5.75 Å². The third-order valence-corrected chi connectivity index (χ3v) is 10.3. The molecule has 0 fully saturated rings. The zero-order valence-corrected chi connectivity index (χ0v) is 32.8. The van der Waals surface area contributed by atoms with E-state index in [1.54, 1.807) is 42.9 Å². The summed E-state index contributed by atoms with van der Waals surface area (Å²) in [6, 6.07) is 39.8. The summed E-state index contributed by atoms with van der Waals surface area (Å²) in [6.07, 6.45) is 4.01. The highest BCUT2D eigenvalue weighted by Crippen LogP contribution is 2.27. The number of carbonyl (C=O) groups excluding carboxylic acids is 1. The average Bonchev–Trinajstić information content (AvgIpc) is 3.63. The number of benzene rings is 5. The Morgan fingerprint density at radius 2 is 1.60 bits per heavy atom. The smallest absolute Gasteiger partial charge is 0.226 e. The lowest BCUT2D eigenvalue weighted by atomic mass is 10.0. The molecule has 12 heteroatoms. The predicted octanol–water partition coefficient (Wildman–Crippen LogP) is 9.51. The van der Waals surface area contributed by atoms with Gasteiger partial charge < -0.3 is 24.8 Å². The lowest BCUT2D eigenvalue weighted by molar-refractivity contribution is -0.121. The predicted molar refractivity (Wildman–Crippen MR) is 224 cm³/mol. The maximum atomic E-state index is 13.9. The molecular formula is C43H37Cl3N6O2S. The number of amides is 1. The average molecular weight is 808 g/mol. The minimum absolute atomic E-state index is 0.104. The number of hydrogen-bond acceptors (Lipinski definition) is 5. The van der Waals surface area contributed by atoms with Crippen molar-refractivity contribution in [1.82, 2.24) is 19.8 Å². The molecule has 1 amide bonds. The Bertz CT molecular complexity index is 2240. The zero-order chi connectivity index (χ0) is 38.6. The van der Waals surface area contributed by atoms with E-state index < -0.39 is 0 Å². The van der Waals surface area contributed by atoms with E-state index in [2.05, 4.69) is 21.7 Å². The first-order chi connectivity index (χ1) is 26.7. The number of anilines is 1. The second-order valence-electron chi connectivity index (χ2n) is 12.9. The number of aromatic nitrogens is 2. The molecule has 8 nitrogen and oxygen atoms in total. The lowest BCUT2D eigenvalue weighted by Gasteiger charge is -2.31. The fourth-order valence-corrected chi connectivity index (χ4v) is 6.73. The van der Waals surface area contributed by atoms with Crippen LogP contribution >= 0.6 is 47.0 Å². The van der Waals surface area contributed by atoms with E-state index in [9.17, 15) is 10.1 Å². The van der Waals surface area contributed by atoms with E-state index in [1.165, 1.54) is 0 Å². The number of nitrogens with one attached hydrogen (secondary N) is 2. The van der Waals surface area contributed by atoms with Crippen molar-refractivity contribution >= 4 is 63.7 Å². The van der Waals surface area contributed by atoms with Crippen molar-refractivity contribution in [2.75, 3.05) is 11.9 Å². The van der Waals surface area contributed by atoms with Gasteiger partial charge in [0.15, 0.2) is 5.11 Å². The number of imidazole rings is 1. The molecule has 0 aliphatic rings. The number of ether oxygens (including phenoxy) is 1. The van der Waals surface area contributed by atoms with Crippen molar-refractivity contribution in [2.24, 2.45) is 0 Å². The Hall–Kier alpha value is -5.37. The summed E-state index contributed by atoms with van der Waals surface area (Å²) in [5.41, 5.74) is 5.96. The van der Waals surface area contributed by atoms with Gasteiger partial charge in [-0.25, -0.2) is 4.98 Å². The molecule has 2 N–H and O–H groups in total. The van der Waals surface area contributed by atoms with Crippen molar-refractivity contribution in [1.29, 1.82) is 5.26 Å². The van der Waals surface area contributed by atoms with E-state index in [1.807, 2.05) is 100 Å². The van der Waals surface area contributed by atoms with Crippen LogP contribution in [-0.2, 0) is 37.3 Å². The number of rotatable bonds is 15. The number of halogens is 3. The highest BCUT2D eigenvalue weighted by molar-refractivity contribution is 7.80. The Kier molecular flexibility index (Phi) is 13.8. The first-order valence-corrected chi connectivity index (χ1v) is 19.0. The molecular weight excluding hydrogens is 771 g/mol. The van der Waals surface area contributed by atoms with Crippen LogP contribution in [0.3, 0.4) is 0 Å². The molecule has 6 aromatic rings. The normalized spacial score (nSPS) is 11.3. The van der Waals surface area contributed by atoms with Crippen molar-refractivity contribution in [3.8, 4) is 11.8 Å². The van der Waals surface area contributed by atoms with Crippen LogP contribution in [0.15, 0.2) is 134 Å². The highest BCUT2D eigenvalue weighted by atomic mass is 35.5. The van der Waals surface area contributed by atoms with Crippen molar-refractivity contribution in [3.63, 3.8) is 0 Å². The van der Waals surface area contributed by atoms with Gasteiger partial charge >= 0.3 is 0 Å². The molecule has 0 saturated carbocycles. The molecule has 5 aromatic carbocycles. The van der Waals surface area contributed by atoms with Crippen molar-refractivity contribution < 1.29 is 9.53 Å². The largest absolute Gasteiger partial charge is 0.489 e. The van der Waals surface area contributed by atoms with Crippen molar-refractivity contribution in [3.05, 3.63) is 182 Å². The molecule has 0 spiro atoms. The zero-order valence-electron chi connectivity index (χ0n) is 29.7. The highest BCUT2D eigenvalue weighted by Gasteiger charge is 2.22. The minimum Gasteiger partial charge on any atom is -0.489 e. The summed E-state index contributed by atoms with van der Waals surface area (Å²) >= 11 is 25.2. The number of nitrogens with zero attached hydrogens (tertiary/aromatic N) is 4. The summed E-state index contributed by atoms with van der Waals surface area (Å²) in [5, 5.41) is 17.7. The molecule has 55 heavy (non-hydrogen) atoms. The first kappa shape index (κ1) is 39.3. The Morgan fingerprint density at radius 3 is 2.33 bits per heavy atom. The van der Waals surface area contributed by atoms with Crippen LogP contribution in [-0.4, -0.2) is 38.1 Å². The van der Waals surface area contributed by atoms with Gasteiger partial charge in [0.2, 0.25) is 5.91 Å². The van der Waals surface area contributed by atoms with E-state index in [-0.39, 0.29) is 18.4 Å². The van der Waals surface area contributed by atoms with Gasteiger partial charge in [0.05, 0.1) is 40.5 Å². The number of thiocarbonyl (C=S) groups is 1. The van der Waals surface area contributed by atoms with Gasteiger partial charge in [-0.05, 0) is 95.5 Å². The van der Waals surface area contributed by atoms with Gasteiger partial charge in [0.1, 0.15) is 12.4 Å². The number of hydrogen-bond donors (Lipinski definition) is 2. The molecule has 0 aliphatic carbocycles. The lowest BCUT2D eigenvalue weighted by Crippen LogP contribution is -2.48. The van der Waals surface area contributed by atoms with E-state index in [0.29, 0.717) is 58.4 Å². The molecule has 0 radical (unpaired) electrons. The van der Waals surface area contributed by atoms with Gasteiger partial charge in [-0.3, -0.25) is 4.79 Å². The summed E-state index contributed by atoms with van der Waals surface area (Å²) < 4.78 is 7.96. The third-order valence-electron chi connectivity index (χ3n) is 8.81. The van der Waals surface area contributed by atoms with Gasteiger partial charge in [-0.15, -0.1) is 0 Å². The quantitative estimate of drug-likeness (QED) is 0.0999. The maximum absolute atomic E-state index is 13.9. The molecule has 278 valence electrons. The fraction of sp³-hybridized carbons (Fsp3) is 0.163. The Morgan fingerprint density at radius 1 is 0.873 bits per heavy atom. The van der Waals surface area contributed by atoms with Crippen molar-refractivity contribution in [2.45, 2.75) is 38.6 Å². The maximum Gasteiger partial charge on any atom is 0.226 e. The van der Waals surface area contributed by atoms with Gasteiger partial charge in [0, 0.05) is 42.2 Å². The first-order valence-electron chi connectivity index (χ1n) is 17.5. The molecule has 1 atom stereocenters. The van der Waals surface area contributed by atoms with Crippen LogP contribution in [0.2, 0.25) is 15.1 Å². The monoisotopic (exact) mass is 806 g/mol. The number of nitriles is 1. The summed E-state index contributed by atoms with van der Waals surface area (Å²) in [5.74, 6) is 0.570. The SMILES string of the molecule is N#Cc1ccc(Cn2cncc2CC(=O)N[C@@H](Cc2ccc(OCc3ccccc3)cc2)CN(Cc2cccc(Cl)c2Cl)C(=S)Nc2ccc(Cl)cc2)cc1. The molecule has 1 aromatic heterocycles. The molecule has 0 bridgehead atoms. The molecule has 0 saturated heterocycles. The number of carbonyl (C=O) groups is 1. The Labute approximate surface area is 341 Å². The Balaban J connectivity index is 1.23. The van der Waals surface area contributed by atoms with Gasteiger partial charge in [-0.1, -0.05) is 102 Å². The van der Waals surface area contributed by atoms with E-state index in [4.69, 9.17) is 51.8 Å². The molecule has 6 rings (SSSR count). The molecule has 0 aliphatic heterocycles. The van der Waals surface area contributed by atoms with Crippen LogP contribution in [0.4, 0.5) is 5.69 Å². The van der Waals surface area contributed by atoms with Gasteiger partial charge in [-0.2, -0.15) is 5.26 Å². The second-order valence-corrected chi connectivity index (χ2v) is 14.5. The topological polar surface area (TPSA) is 95.2 Å². The molecule has 1 heterocycles. The van der Waals surface area contributed by atoms with Crippen LogP contribution in [0, 0.1) is 11.3 Å². The second kappa shape index (κ2) is 19.3. The summed E-state index contributed by atoms with van der Waals surface area (Å²) in [7, 11) is 0. The van der Waals surface area contributed by atoms with Crippen LogP contribution in [0.25, 0.3) is 0 Å². The van der Waals surface area contributed by atoms with Crippen LogP contribution in [0.1, 0.15) is 33.5 Å². The van der Waals surface area contributed by atoms with Gasteiger partial charge in [0.25, 0.3) is 0 Å². The minimum atomic E-state index is -0.388.